The van der Waals surface area contributed by atoms with E-state index in [1.165, 1.54) is 11.8 Å². The summed E-state index contributed by atoms with van der Waals surface area (Å²) in [6.45, 7) is 2.57. The van der Waals surface area contributed by atoms with Crippen LogP contribution in [0.5, 0.6) is 0 Å². The lowest BCUT2D eigenvalue weighted by Crippen LogP contribution is -2.40. The number of aliphatic carboxylic acids is 1. The topological polar surface area (TPSA) is 57.6 Å². The Balaban J connectivity index is 2.59. The van der Waals surface area contributed by atoms with E-state index < -0.39 is 5.97 Å². The molecule has 1 heterocycles. The molecule has 1 saturated heterocycles. The Bertz CT molecular complexity index is 257. The van der Waals surface area contributed by atoms with Gasteiger partial charge >= 0.3 is 5.97 Å². The van der Waals surface area contributed by atoms with Crippen LogP contribution in [-0.4, -0.2) is 46.0 Å². The molecule has 1 amide bonds. The normalized spacial score (nSPS) is 22.8. The molecule has 1 fully saturated rings. The molecular formula is C10H17NO3S. The van der Waals surface area contributed by atoms with Gasteiger partial charge in [0.15, 0.2) is 0 Å². The van der Waals surface area contributed by atoms with Crippen LogP contribution in [0.25, 0.3) is 0 Å². The lowest BCUT2D eigenvalue weighted by atomic mass is 10.1. The van der Waals surface area contributed by atoms with Crippen LogP contribution in [0.3, 0.4) is 0 Å². The lowest BCUT2D eigenvalue weighted by molar-refractivity contribution is -0.139. The van der Waals surface area contributed by atoms with Gasteiger partial charge in [0.25, 0.3) is 0 Å². The smallest absolute Gasteiger partial charge is 0.305 e. The molecule has 15 heavy (non-hydrogen) atoms. The zero-order chi connectivity index (χ0) is 11.4. The molecule has 1 aliphatic rings. The Kier molecular flexibility index (Phi) is 4.45. The van der Waals surface area contributed by atoms with Gasteiger partial charge in [-0.2, -0.15) is 11.8 Å². The van der Waals surface area contributed by atoms with Crippen molar-refractivity contribution in [3.63, 3.8) is 0 Å². The number of hydrogen-bond acceptors (Lipinski definition) is 3. The second kappa shape index (κ2) is 5.39. The Morgan fingerprint density at radius 1 is 1.60 bits per heavy atom. The van der Waals surface area contributed by atoms with Gasteiger partial charge < -0.3 is 10.0 Å². The van der Waals surface area contributed by atoms with E-state index in [1.807, 2.05) is 13.2 Å². The van der Waals surface area contributed by atoms with Crippen LogP contribution in [-0.2, 0) is 9.59 Å². The van der Waals surface area contributed by atoms with Crippen molar-refractivity contribution in [1.82, 2.24) is 4.90 Å². The van der Waals surface area contributed by atoms with E-state index in [0.717, 1.165) is 12.8 Å². The standard InChI is InChI=1S/C10H17NO3S/c1-7(15-2)10(14)11-5-3-4-8(11)6-9(12)13/h7-8H,3-6H2,1-2H3,(H,12,13)/t7-,8+/m1/s1. The molecular weight excluding hydrogens is 214 g/mol. The van der Waals surface area contributed by atoms with Crippen LogP contribution in [0.1, 0.15) is 26.2 Å². The Hall–Kier alpha value is -0.710. The SMILES string of the molecule is CS[C@H](C)C(=O)N1CCC[C@H]1CC(=O)O. The van der Waals surface area contributed by atoms with Gasteiger partial charge in [0, 0.05) is 12.6 Å². The molecule has 86 valence electrons. The molecule has 0 aromatic rings. The molecule has 0 spiro atoms. The van der Waals surface area contributed by atoms with E-state index in [9.17, 15) is 9.59 Å². The Morgan fingerprint density at radius 2 is 2.27 bits per heavy atom. The minimum Gasteiger partial charge on any atom is -0.481 e. The highest BCUT2D eigenvalue weighted by atomic mass is 32.2. The fourth-order valence-corrected chi connectivity index (χ4v) is 2.21. The number of carboxylic acid groups (broad SMARTS) is 1. The monoisotopic (exact) mass is 231 g/mol. The van der Waals surface area contributed by atoms with Crippen LogP contribution in [0.15, 0.2) is 0 Å². The van der Waals surface area contributed by atoms with Crippen LogP contribution in [0.4, 0.5) is 0 Å². The minimum absolute atomic E-state index is 0.0700. The number of rotatable bonds is 4. The van der Waals surface area contributed by atoms with Crippen molar-refractivity contribution in [1.29, 1.82) is 0 Å². The summed E-state index contributed by atoms with van der Waals surface area (Å²) in [5.41, 5.74) is 0. The quantitative estimate of drug-likeness (QED) is 0.790. The van der Waals surface area contributed by atoms with E-state index in [1.54, 1.807) is 4.90 Å². The molecule has 5 heteroatoms. The summed E-state index contributed by atoms with van der Waals surface area (Å²) >= 11 is 1.50. The number of likely N-dealkylation sites (tertiary alicyclic amines) is 1. The summed E-state index contributed by atoms with van der Waals surface area (Å²) in [5.74, 6) is -0.747. The van der Waals surface area contributed by atoms with Crippen molar-refractivity contribution < 1.29 is 14.7 Å². The zero-order valence-corrected chi connectivity index (χ0v) is 9.92. The maximum atomic E-state index is 11.9. The molecule has 0 aliphatic carbocycles. The number of amides is 1. The number of carboxylic acids is 1. The summed E-state index contributed by atoms with van der Waals surface area (Å²) in [4.78, 5) is 24.2. The molecule has 0 aromatic heterocycles. The summed E-state index contributed by atoms with van der Waals surface area (Å²) in [6.07, 6.45) is 3.71. The fraction of sp³-hybridized carbons (Fsp3) is 0.800. The first kappa shape index (κ1) is 12.4. The van der Waals surface area contributed by atoms with Gasteiger partial charge in [-0.1, -0.05) is 0 Å². The highest BCUT2D eigenvalue weighted by Crippen LogP contribution is 2.23. The van der Waals surface area contributed by atoms with Gasteiger partial charge in [-0.3, -0.25) is 9.59 Å². The average molecular weight is 231 g/mol. The molecule has 0 saturated carbocycles. The van der Waals surface area contributed by atoms with Crippen LogP contribution < -0.4 is 0 Å². The molecule has 4 nitrogen and oxygen atoms in total. The van der Waals surface area contributed by atoms with Gasteiger partial charge in [0.1, 0.15) is 0 Å². The van der Waals surface area contributed by atoms with Crippen molar-refractivity contribution in [2.45, 2.75) is 37.5 Å². The van der Waals surface area contributed by atoms with Crippen molar-refractivity contribution >= 4 is 23.6 Å². The summed E-state index contributed by atoms with van der Waals surface area (Å²) in [5, 5.41) is 8.66. The fourth-order valence-electron chi connectivity index (χ4n) is 1.87. The summed E-state index contributed by atoms with van der Waals surface area (Å²) < 4.78 is 0. The van der Waals surface area contributed by atoms with E-state index >= 15 is 0 Å². The molecule has 1 aliphatic heterocycles. The van der Waals surface area contributed by atoms with Crippen LogP contribution in [0, 0.1) is 0 Å². The first-order chi connectivity index (χ1) is 7.06. The third-order valence-corrected chi connectivity index (χ3v) is 3.68. The average Bonchev–Trinajstić information content (AvgIpc) is 2.62. The number of carbonyl (C=O) groups excluding carboxylic acids is 1. The van der Waals surface area contributed by atoms with Gasteiger partial charge in [-0.05, 0) is 26.0 Å². The molecule has 1 N–H and O–H groups in total. The molecule has 0 aromatic carbocycles. The summed E-state index contributed by atoms with van der Waals surface area (Å²) in [7, 11) is 0. The van der Waals surface area contributed by atoms with Crippen LogP contribution >= 0.6 is 11.8 Å². The highest BCUT2D eigenvalue weighted by Gasteiger charge is 2.32. The first-order valence-electron chi connectivity index (χ1n) is 5.11. The second-order valence-electron chi connectivity index (χ2n) is 3.80. The lowest BCUT2D eigenvalue weighted by Gasteiger charge is -2.25. The molecule has 0 bridgehead atoms. The van der Waals surface area contributed by atoms with E-state index in [4.69, 9.17) is 5.11 Å². The van der Waals surface area contributed by atoms with Gasteiger partial charge in [-0.25, -0.2) is 0 Å². The van der Waals surface area contributed by atoms with Gasteiger partial charge in [0.05, 0.1) is 11.7 Å². The van der Waals surface area contributed by atoms with Crippen molar-refractivity contribution in [2.75, 3.05) is 12.8 Å². The maximum Gasteiger partial charge on any atom is 0.305 e. The minimum atomic E-state index is -0.823. The maximum absolute atomic E-state index is 11.9. The summed E-state index contributed by atoms with van der Waals surface area (Å²) in [6, 6.07) is -0.0930. The third-order valence-electron chi connectivity index (χ3n) is 2.77. The van der Waals surface area contributed by atoms with E-state index in [0.29, 0.717) is 6.54 Å². The number of hydrogen-bond donors (Lipinski definition) is 1. The number of carbonyl (C=O) groups is 2. The molecule has 0 unspecified atom stereocenters. The Labute approximate surface area is 94.0 Å². The zero-order valence-electron chi connectivity index (χ0n) is 9.10. The van der Waals surface area contributed by atoms with E-state index in [2.05, 4.69) is 0 Å². The number of nitrogens with zero attached hydrogens (tertiary/aromatic N) is 1. The molecule has 0 radical (unpaired) electrons. The number of thioether (sulfide) groups is 1. The predicted octanol–water partition coefficient (Wildman–Crippen LogP) is 1.20. The third kappa shape index (κ3) is 3.12. The van der Waals surface area contributed by atoms with Crippen molar-refractivity contribution in [3.8, 4) is 0 Å². The van der Waals surface area contributed by atoms with Gasteiger partial charge in [0.2, 0.25) is 5.91 Å². The second-order valence-corrected chi connectivity index (χ2v) is 4.98. The molecule has 1 rings (SSSR count). The largest absolute Gasteiger partial charge is 0.481 e. The Morgan fingerprint density at radius 3 is 2.80 bits per heavy atom. The predicted molar refractivity (Wildman–Crippen MR) is 60.0 cm³/mol. The molecule has 2 atom stereocenters. The first-order valence-corrected chi connectivity index (χ1v) is 6.40. The highest BCUT2D eigenvalue weighted by molar-refractivity contribution is 7.99. The van der Waals surface area contributed by atoms with Gasteiger partial charge in [-0.15, -0.1) is 0 Å². The van der Waals surface area contributed by atoms with Crippen LogP contribution in [0.2, 0.25) is 0 Å². The van der Waals surface area contributed by atoms with E-state index in [-0.39, 0.29) is 23.6 Å². The van der Waals surface area contributed by atoms with Crippen molar-refractivity contribution in [2.24, 2.45) is 0 Å². The van der Waals surface area contributed by atoms with Crippen molar-refractivity contribution in [3.05, 3.63) is 0 Å².